The first-order chi connectivity index (χ1) is 12.3. The van der Waals surface area contributed by atoms with Gasteiger partial charge in [-0.1, -0.05) is 6.92 Å². The monoisotopic (exact) mass is 345 g/mol. The second-order valence-electron chi connectivity index (χ2n) is 7.47. The van der Waals surface area contributed by atoms with E-state index in [0.717, 1.165) is 76.8 Å². The Labute approximate surface area is 150 Å². The normalized spacial score (nSPS) is 22.9. The highest BCUT2D eigenvalue weighted by Gasteiger charge is 2.29. The van der Waals surface area contributed by atoms with Crippen molar-refractivity contribution in [3.63, 3.8) is 0 Å². The summed E-state index contributed by atoms with van der Waals surface area (Å²) in [5.74, 6) is 2.77. The van der Waals surface area contributed by atoms with Crippen molar-refractivity contribution in [2.24, 2.45) is 0 Å². The van der Waals surface area contributed by atoms with Crippen molar-refractivity contribution in [3.05, 3.63) is 17.1 Å². The Morgan fingerprint density at radius 2 is 2.00 bits per heavy atom. The van der Waals surface area contributed by atoms with E-state index in [1.165, 1.54) is 24.1 Å². The van der Waals surface area contributed by atoms with Gasteiger partial charge in [-0.15, -0.1) is 0 Å². The van der Waals surface area contributed by atoms with Crippen molar-refractivity contribution < 1.29 is 4.74 Å². The van der Waals surface area contributed by atoms with E-state index in [0.29, 0.717) is 12.0 Å². The number of nitrogens with zero attached hydrogens (tertiary/aromatic N) is 3. The first-order valence-corrected chi connectivity index (χ1v) is 10.0. The van der Waals surface area contributed by atoms with Gasteiger partial charge in [0.2, 0.25) is 0 Å². The fourth-order valence-electron chi connectivity index (χ4n) is 3.92. The maximum absolute atomic E-state index is 5.50. The number of hydrogen-bond donors (Lipinski definition) is 2. The summed E-state index contributed by atoms with van der Waals surface area (Å²) in [7, 11) is 0. The van der Waals surface area contributed by atoms with Gasteiger partial charge in [-0.05, 0) is 32.2 Å². The summed E-state index contributed by atoms with van der Waals surface area (Å²) in [6, 6.07) is 0.544. The lowest BCUT2D eigenvalue weighted by Crippen LogP contribution is -2.46. The van der Waals surface area contributed by atoms with Crippen LogP contribution >= 0.6 is 0 Å². The van der Waals surface area contributed by atoms with Gasteiger partial charge in [-0.2, -0.15) is 0 Å². The van der Waals surface area contributed by atoms with E-state index in [2.05, 4.69) is 22.5 Å². The van der Waals surface area contributed by atoms with Gasteiger partial charge in [0, 0.05) is 50.1 Å². The molecule has 1 aromatic heterocycles. The van der Waals surface area contributed by atoms with Crippen LogP contribution in [0.15, 0.2) is 0 Å². The van der Waals surface area contributed by atoms with Crippen LogP contribution in [0.3, 0.4) is 0 Å². The molecule has 1 saturated heterocycles. The fraction of sp³-hybridized carbons (Fsp3) is 0.789. The third-order valence-electron chi connectivity index (χ3n) is 5.68. The fourth-order valence-corrected chi connectivity index (χ4v) is 3.92. The molecule has 25 heavy (non-hydrogen) atoms. The third kappa shape index (κ3) is 4.13. The maximum atomic E-state index is 5.50. The summed E-state index contributed by atoms with van der Waals surface area (Å²) in [4.78, 5) is 12.4. The summed E-state index contributed by atoms with van der Waals surface area (Å²) >= 11 is 0. The molecule has 0 aromatic carbocycles. The summed E-state index contributed by atoms with van der Waals surface area (Å²) in [6.45, 7) is 9.08. The second kappa shape index (κ2) is 7.98. The van der Waals surface area contributed by atoms with Crippen LogP contribution in [-0.4, -0.2) is 66.8 Å². The standard InChI is InChI=1S/C19H31N5O/c1-2-15(24-9-11-25-12-10-24)13-21-19-16-5-7-20-8-6-17(16)22-18(23-19)14-3-4-14/h14-15,20H,2-13H2,1H3,(H,21,22,23). The Kier molecular flexibility index (Phi) is 5.48. The lowest BCUT2D eigenvalue weighted by molar-refractivity contribution is 0.0184. The molecular weight excluding hydrogens is 314 g/mol. The Morgan fingerprint density at radius 3 is 2.76 bits per heavy atom. The van der Waals surface area contributed by atoms with Crippen LogP contribution in [0, 0.1) is 0 Å². The summed E-state index contributed by atoms with van der Waals surface area (Å²) in [6.07, 6.45) is 5.70. The van der Waals surface area contributed by atoms with Crippen molar-refractivity contribution in [2.45, 2.75) is 51.0 Å². The van der Waals surface area contributed by atoms with Crippen LogP contribution in [0.4, 0.5) is 5.82 Å². The van der Waals surface area contributed by atoms with Crippen LogP contribution < -0.4 is 10.6 Å². The second-order valence-corrected chi connectivity index (χ2v) is 7.47. The topological polar surface area (TPSA) is 62.3 Å². The number of rotatable bonds is 6. The summed E-state index contributed by atoms with van der Waals surface area (Å²) in [5.41, 5.74) is 2.61. The zero-order valence-electron chi connectivity index (χ0n) is 15.4. The molecule has 3 aliphatic rings. The molecule has 2 fully saturated rings. The van der Waals surface area contributed by atoms with Gasteiger partial charge in [0.15, 0.2) is 0 Å². The largest absolute Gasteiger partial charge is 0.379 e. The van der Waals surface area contributed by atoms with Crippen LogP contribution in [0.5, 0.6) is 0 Å². The Morgan fingerprint density at radius 1 is 1.20 bits per heavy atom. The first kappa shape index (κ1) is 17.2. The smallest absolute Gasteiger partial charge is 0.134 e. The van der Waals surface area contributed by atoms with E-state index in [1.807, 2.05) is 0 Å². The van der Waals surface area contributed by atoms with Crippen molar-refractivity contribution in [3.8, 4) is 0 Å². The molecule has 1 saturated carbocycles. The molecule has 1 aromatic rings. The zero-order valence-corrected chi connectivity index (χ0v) is 15.4. The van der Waals surface area contributed by atoms with Crippen molar-refractivity contribution in [2.75, 3.05) is 51.3 Å². The van der Waals surface area contributed by atoms with E-state index in [4.69, 9.17) is 14.7 Å². The molecule has 1 atom stereocenters. The predicted molar refractivity (Wildman–Crippen MR) is 99.2 cm³/mol. The number of fused-ring (bicyclic) bond motifs is 1. The minimum Gasteiger partial charge on any atom is -0.379 e. The van der Waals surface area contributed by atoms with E-state index in [-0.39, 0.29) is 0 Å². The van der Waals surface area contributed by atoms with Gasteiger partial charge in [-0.25, -0.2) is 9.97 Å². The van der Waals surface area contributed by atoms with Crippen LogP contribution in [0.1, 0.15) is 49.2 Å². The Hall–Kier alpha value is -1.24. The van der Waals surface area contributed by atoms with E-state index < -0.39 is 0 Å². The molecule has 0 amide bonds. The average Bonchev–Trinajstić information content (AvgIpc) is 3.49. The molecule has 0 bridgehead atoms. The van der Waals surface area contributed by atoms with Crippen LogP contribution in [0.25, 0.3) is 0 Å². The molecule has 6 nitrogen and oxygen atoms in total. The van der Waals surface area contributed by atoms with Gasteiger partial charge in [0.25, 0.3) is 0 Å². The van der Waals surface area contributed by atoms with E-state index in [9.17, 15) is 0 Å². The Bertz CT molecular complexity index is 583. The minimum atomic E-state index is 0.544. The molecule has 0 spiro atoms. The highest BCUT2D eigenvalue weighted by Crippen LogP contribution is 2.39. The van der Waals surface area contributed by atoms with Crippen molar-refractivity contribution in [1.29, 1.82) is 0 Å². The van der Waals surface area contributed by atoms with Crippen molar-refractivity contribution >= 4 is 5.82 Å². The number of aromatic nitrogens is 2. The lowest BCUT2D eigenvalue weighted by Gasteiger charge is -2.34. The molecular formula is C19H31N5O. The number of ether oxygens (including phenoxy) is 1. The number of nitrogens with one attached hydrogen (secondary N) is 2. The van der Waals surface area contributed by atoms with Gasteiger partial charge in [0.1, 0.15) is 11.6 Å². The quantitative estimate of drug-likeness (QED) is 0.816. The predicted octanol–water partition coefficient (Wildman–Crippen LogP) is 1.56. The van der Waals surface area contributed by atoms with E-state index in [1.54, 1.807) is 0 Å². The molecule has 2 N–H and O–H groups in total. The zero-order chi connectivity index (χ0) is 17.1. The third-order valence-corrected chi connectivity index (χ3v) is 5.68. The molecule has 138 valence electrons. The number of hydrogen-bond acceptors (Lipinski definition) is 6. The maximum Gasteiger partial charge on any atom is 0.134 e. The number of anilines is 1. The highest BCUT2D eigenvalue weighted by molar-refractivity contribution is 5.48. The lowest BCUT2D eigenvalue weighted by atomic mass is 10.1. The molecule has 2 aliphatic heterocycles. The van der Waals surface area contributed by atoms with Gasteiger partial charge in [0.05, 0.1) is 18.9 Å². The molecule has 3 heterocycles. The van der Waals surface area contributed by atoms with Gasteiger partial charge >= 0.3 is 0 Å². The van der Waals surface area contributed by atoms with Gasteiger partial charge < -0.3 is 15.4 Å². The summed E-state index contributed by atoms with van der Waals surface area (Å²) in [5, 5.41) is 7.21. The Balaban J connectivity index is 1.51. The molecule has 4 rings (SSSR count). The molecule has 1 aliphatic carbocycles. The van der Waals surface area contributed by atoms with Crippen molar-refractivity contribution in [1.82, 2.24) is 20.2 Å². The first-order valence-electron chi connectivity index (χ1n) is 10.0. The molecule has 6 heteroatoms. The van der Waals surface area contributed by atoms with Crippen LogP contribution in [0.2, 0.25) is 0 Å². The van der Waals surface area contributed by atoms with Gasteiger partial charge in [-0.3, -0.25) is 4.90 Å². The molecule has 1 unspecified atom stereocenters. The highest BCUT2D eigenvalue weighted by atomic mass is 16.5. The number of morpholine rings is 1. The summed E-state index contributed by atoms with van der Waals surface area (Å²) < 4.78 is 5.50. The molecule has 0 radical (unpaired) electrons. The average molecular weight is 345 g/mol. The van der Waals surface area contributed by atoms with Crippen LogP contribution in [-0.2, 0) is 17.6 Å². The minimum absolute atomic E-state index is 0.544. The van der Waals surface area contributed by atoms with E-state index >= 15 is 0 Å². The SMILES string of the molecule is CCC(CNc1nc(C2CC2)nc2c1CCNCC2)N1CCOCC1.